The van der Waals surface area contributed by atoms with Crippen LogP contribution in [0.25, 0.3) is 0 Å². The van der Waals surface area contributed by atoms with Crippen LogP contribution in [-0.2, 0) is 0 Å². The largest absolute Gasteiger partial charge is 0.207 e. The number of halogens is 2. The van der Waals surface area contributed by atoms with E-state index < -0.39 is 5.83 Å². The van der Waals surface area contributed by atoms with Crippen molar-refractivity contribution < 1.29 is 4.39 Å². The van der Waals surface area contributed by atoms with Gasteiger partial charge in [-0.15, -0.1) is 0 Å². The van der Waals surface area contributed by atoms with Gasteiger partial charge in [-0.25, -0.2) is 4.39 Å². The molecule has 0 rings (SSSR count). The van der Waals surface area contributed by atoms with Gasteiger partial charge in [-0.05, 0) is 12.2 Å². The summed E-state index contributed by atoms with van der Waals surface area (Å²) in [6.07, 6.45) is 2.51. The molecule has 0 radical (unpaired) electrons. The molecular weight excluding hydrogens is 207 g/mol. The second kappa shape index (κ2) is 7.22. The first kappa shape index (κ1) is 12.8. The fraction of sp³-hybridized carbons (Fsp3) is 0.400. The van der Waals surface area contributed by atoms with Crippen molar-refractivity contribution >= 4 is 23.4 Å². The van der Waals surface area contributed by atoms with Crippen molar-refractivity contribution in [2.24, 2.45) is 0 Å². The van der Waals surface area contributed by atoms with Crippen LogP contribution in [0.5, 0.6) is 0 Å². The molecule has 0 unspecified atom stereocenters. The summed E-state index contributed by atoms with van der Waals surface area (Å²) in [4.78, 5) is 0. The fourth-order valence-electron chi connectivity index (χ4n) is 0.719. The Balaban J connectivity index is 4.28. The van der Waals surface area contributed by atoms with Crippen molar-refractivity contribution in [3.63, 3.8) is 0 Å². The van der Waals surface area contributed by atoms with E-state index in [1.165, 1.54) is 6.08 Å². The van der Waals surface area contributed by atoms with Gasteiger partial charge in [0.25, 0.3) is 0 Å². The van der Waals surface area contributed by atoms with Gasteiger partial charge in [0.05, 0.1) is 0 Å². The van der Waals surface area contributed by atoms with Gasteiger partial charge in [-0.3, -0.25) is 0 Å². The summed E-state index contributed by atoms with van der Waals surface area (Å²) in [6.45, 7) is 8.80. The van der Waals surface area contributed by atoms with Gasteiger partial charge in [0.2, 0.25) is 0 Å². The number of thioether (sulfide) groups is 1. The van der Waals surface area contributed by atoms with Crippen LogP contribution in [0.4, 0.5) is 4.39 Å². The SMILES string of the molecule is C=C/C(Cl)=C(/CSCCC)C(=C)F. The van der Waals surface area contributed by atoms with E-state index in [1.54, 1.807) is 11.8 Å². The smallest absolute Gasteiger partial charge is 0.121 e. The Morgan fingerprint density at radius 1 is 1.62 bits per heavy atom. The molecule has 0 atom stereocenters. The molecule has 0 aromatic carbocycles. The Morgan fingerprint density at radius 2 is 2.23 bits per heavy atom. The highest BCUT2D eigenvalue weighted by Gasteiger charge is 2.06. The molecule has 0 heterocycles. The lowest BCUT2D eigenvalue weighted by Gasteiger charge is -2.04. The van der Waals surface area contributed by atoms with Crippen molar-refractivity contribution in [1.29, 1.82) is 0 Å². The Morgan fingerprint density at radius 3 is 2.62 bits per heavy atom. The Bertz CT molecular complexity index is 221. The topological polar surface area (TPSA) is 0 Å². The molecule has 0 aliphatic rings. The fourth-order valence-corrected chi connectivity index (χ4v) is 1.92. The molecule has 0 aliphatic heterocycles. The maximum Gasteiger partial charge on any atom is 0.121 e. The van der Waals surface area contributed by atoms with E-state index in [2.05, 4.69) is 20.1 Å². The van der Waals surface area contributed by atoms with E-state index >= 15 is 0 Å². The molecule has 0 N–H and O–H groups in total. The lowest BCUT2D eigenvalue weighted by Crippen LogP contribution is -1.91. The van der Waals surface area contributed by atoms with Gasteiger partial charge in [-0.1, -0.05) is 37.8 Å². The molecule has 0 nitrogen and oxygen atoms in total. The first-order chi connectivity index (χ1) is 6.13. The third kappa shape index (κ3) is 5.17. The number of allylic oxidation sites excluding steroid dienone is 3. The summed E-state index contributed by atoms with van der Waals surface area (Å²) < 4.78 is 12.8. The molecule has 0 aromatic rings. The monoisotopic (exact) mass is 220 g/mol. The average Bonchev–Trinajstić information content (AvgIpc) is 2.11. The quantitative estimate of drug-likeness (QED) is 0.475. The van der Waals surface area contributed by atoms with Gasteiger partial charge < -0.3 is 0 Å². The molecule has 0 aliphatic carbocycles. The van der Waals surface area contributed by atoms with Crippen LogP contribution in [0.2, 0.25) is 0 Å². The van der Waals surface area contributed by atoms with Crippen LogP contribution in [0.1, 0.15) is 13.3 Å². The summed E-state index contributed by atoms with van der Waals surface area (Å²) >= 11 is 7.40. The molecule has 3 heteroatoms. The summed E-state index contributed by atoms with van der Waals surface area (Å²) in [7, 11) is 0. The first-order valence-electron chi connectivity index (χ1n) is 4.07. The van der Waals surface area contributed by atoms with Crippen LogP contribution in [0.3, 0.4) is 0 Å². The van der Waals surface area contributed by atoms with Gasteiger partial charge in [0, 0.05) is 16.4 Å². The molecule has 0 spiro atoms. The molecule has 0 bridgehead atoms. The minimum atomic E-state index is -0.464. The van der Waals surface area contributed by atoms with Crippen LogP contribution < -0.4 is 0 Å². The lowest BCUT2D eigenvalue weighted by molar-refractivity contribution is 0.656. The van der Waals surface area contributed by atoms with Crippen molar-refractivity contribution in [2.75, 3.05) is 11.5 Å². The number of hydrogen-bond donors (Lipinski definition) is 0. The maximum atomic E-state index is 12.8. The van der Waals surface area contributed by atoms with Gasteiger partial charge in [-0.2, -0.15) is 11.8 Å². The highest BCUT2D eigenvalue weighted by atomic mass is 35.5. The molecular formula is C10H14ClFS. The van der Waals surface area contributed by atoms with Crippen LogP contribution >= 0.6 is 23.4 Å². The highest BCUT2D eigenvalue weighted by Crippen LogP contribution is 2.23. The van der Waals surface area contributed by atoms with E-state index in [0.717, 1.165) is 12.2 Å². The van der Waals surface area contributed by atoms with Crippen LogP contribution in [-0.4, -0.2) is 11.5 Å². The van der Waals surface area contributed by atoms with Crippen molar-refractivity contribution in [1.82, 2.24) is 0 Å². The number of rotatable bonds is 6. The van der Waals surface area contributed by atoms with Crippen molar-refractivity contribution in [3.8, 4) is 0 Å². The summed E-state index contributed by atoms with van der Waals surface area (Å²) in [5.41, 5.74) is 0.454. The van der Waals surface area contributed by atoms with E-state index in [0.29, 0.717) is 16.4 Å². The summed E-state index contributed by atoms with van der Waals surface area (Å²) in [5, 5.41) is 0.358. The van der Waals surface area contributed by atoms with Crippen LogP contribution in [0.15, 0.2) is 35.7 Å². The second-order valence-electron chi connectivity index (χ2n) is 2.49. The highest BCUT2D eigenvalue weighted by molar-refractivity contribution is 7.99. The second-order valence-corrected chi connectivity index (χ2v) is 4.00. The van der Waals surface area contributed by atoms with Gasteiger partial charge in [0.15, 0.2) is 0 Å². The van der Waals surface area contributed by atoms with E-state index in [9.17, 15) is 4.39 Å². The molecule has 0 amide bonds. The molecule has 74 valence electrons. The van der Waals surface area contributed by atoms with Crippen molar-refractivity contribution in [2.45, 2.75) is 13.3 Å². The van der Waals surface area contributed by atoms with E-state index in [4.69, 9.17) is 11.6 Å². The van der Waals surface area contributed by atoms with Gasteiger partial charge >= 0.3 is 0 Å². The van der Waals surface area contributed by atoms with E-state index in [-0.39, 0.29) is 0 Å². The third-order valence-corrected chi connectivity index (χ3v) is 2.96. The standard InChI is InChI=1S/C10H14ClFS/c1-4-6-13-7-9(8(3)12)10(11)5-2/h5H,2-4,6-7H2,1H3/b10-9+. The normalized spacial score (nSPS) is 12.2. The first-order valence-corrected chi connectivity index (χ1v) is 5.60. The third-order valence-electron chi connectivity index (χ3n) is 1.39. The predicted molar refractivity (Wildman–Crippen MR) is 60.9 cm³/mol. The predicted octanol–water partition coefficient (Wildman–Crippen LogP) is 4.29. The van der Waals surface area contributed by atoms with Crippen LogP contribution in [0, 0.1) is 0 Å². The van der Waals surface area contributed by atoms with Gasteiger partial charge in [0.1, 0.15) is 5.83 Å². The molecule has 0 fully saturated rings. The minimum absolute atomic E-state index is 0.358. The molecule has 0 saturated carbocycles. The summed E-state index contributed by atoms with van der Waals surface area (Å²) in [6, 6.07) is 0. The summed E-state index contributed by atoms with van der Waals surface area (Å²) in [5.74, 6) is 1.10. The zero-order valence-corrected chi connectivity index (χ0v) is 9.35. The lowest BCUT2D eigenvalue weighted by atomic mass is 10.2. The minimum Gasteiger partial charge on any atom is -0.207 e. The Kier molecular flexibility index (Phi) is 7.10. The average molecular weight is 221 g/mol. The van der Waals surface area contributed by atoms with E-state index in [1.807, 2.05) is 0 Å². The van der Waals surface area contributed by atoms with Crippen molar-refractivity contribution in [3.05, 3.63) is 35.7 Å². The molecule has 0 aromatic heterocycles. The zero-order chi connectivity index (χ0) is 10.3. The Hall–Kier alpha value is -0.210. The number of hydrogen-bond acceptors (Lipinski definition) is 1. The molecule has 0 saturated heterocycles. The maximum absolute atomic E-state index is 12.8. The molecule has 13 heavy (non-hydrogen) atoms. The Labute approximate surface area is 88.5 Å². The zero-order valence-electron chi connectivity index (χ0n) is 7.78.